The zero-order chi connectivity index (χ0) is 18.4. The fraction of sp³-hybridized carbons (Fsp3) is 0.737. The van der Waals surface area contributed by atoms with Crippen LogP contribution < -0.4 is 5.32 Å². The molecule has 26 heavy (non-hydrogen) atoms. The van der Waals surface area contributed by atoms with Crippen LogP contribution in [0.3, 0.4) is 0 Å². The first-order valence-electron chi connectivity index (χ1n) is 9.97. The molecule has 2 aliphatic rings. The van der Waals surface area contributed by atoms with Crippen LogP contribution in [0.1, 0.15) is 45.6 Å². The molecule has 2 unspecified atom stereocenters. The molecule has 2 atom stereocenters. The number of rotatable bonds is 6. The molecule has 0 aliphatic carbocycles. The van der Waals surface area contributed by atoms with Crippen molar-refractivity contribution >= 4 is 11.9 Å². The van der Waals surface area contributed by atoms with Gasteiger partial charge in [-0.1, -0.05) is 6.92 Å². The van der Waals surface area contributed by atoms with E-state index in [9.17, 15) is 4.79 Å². The fourth-order valence-corrected chi connectivity index (χ4v) is 3.91. The molecule has 0 spiro atoms. The van der Waals surface area contributed by atoms with Crippen LogP contribution in [-0.4, -0.2) is 70.5 Å². The van der Waals surface area contributed by atoms with Crippen LogP contribution in [-0.2, 0) is 4.79 Å². The second-order valence-corrected chi connectivity index (χ2v) is 7.36. The first kappa shape index (κ1) is 18.7. The van der Waals surface area contributed by atoms with Crippen molar-refractivity contribution in [2.45, 2.75) is 45.6 Å². The van der Waals surface area contributed by atoms with Crippen LogP contribution in [0.15, 0.2) is 23.7 Å². The zero-order valence-electron chi connectivity index (χ0n) is 16.1. The molecule has 0 saturated carbocycles. The molecule has 1 aromatic rings. The van der Waals surface area contributed by atoms with E-state index in [0.717, 1.165) is 64.5 Å². The molecule has 0 bridgehead atoms. The van der Waals surface area contributed by atoms with Crippen molar-refractivity contribution in [1.29, 1.82) is 0 Å². The maximum absolute atomic E-state index is 11.7. The Bertz CT molecular complexity index is 599. The molecule has 1 amide bonds. The number of hydrogen-bond acceptors (Lipinski definition) is 3. The van der Waals surface area contributed by atoms with Gasteiger partial charge in [-0.2, -0.15) is 0 Å². The number of guanidine groups is 1. The van der Waals surface area contributed by atoms with E-state index in [1.54, 1.807) is 0 Å². The molecule has 3 heterocycles. The normalized spacial score (nSPS) is 24.4. The van der Waals surface area contributed by atoms with Crippen LogP contribution in [0.5, 0.6) is 0 Å². The maximum atomic E-state index is 11.7. The van der Waals surface area contributed by atoms with Crippen molar-refractivity contribution in [3.8, 4) is 0 Å². The van der Waals surface area contributed by atoms with Crippen LogP contribution >= 0.6 is 0 Å². The van der Waals surface area contributed by atoms with Gasteiger partial charge in [-0.05, 0) is 32.1 Å². The summed E-state index contributed by atoms with van der Waals surface area (Å²) in [6, 6.07) is 0.428. The smallest absolute Gasteiger partial charge is 0.222 e. The van der Waals surface area contributed by atoms with Gasteiger partial charge in [0.1, 0.15) is 0 Å². The van der Waals surface area contributed by atoms with Gasteiger partial charge in [0.25, 0.3) is 0 Å². The number of carbonyl (C=O) groups excluding carboxylic acids is 1. The van der Waals surface area contributed by atoms with Gasteiger partial charge in [0.15, 0.2) is 5.96 Å². The lowest BCUT2D eigenvalue weighted by Crippen LogP contribution is -2.49. The first-order chi connectivity index (χ1) is 12.7. The Balaban J connectivity index is 1.56. The van der Waals surface area contributed by atoms with E-state index in [2.05, 4.69) is 39.8 Å². The fourth-order valence-electron chi connectivity index (χ4n) is 3.91. The second kappa shape index (κ2) is 9.05. The van der Waals surface area contributed by atoms with Crippen molar-refractivity contribution in [2.24, 2.45) is 10.9 Å². The predicted molar refractivity (Wildman–Crippen MR) is 103 cm³/mol. The average Bonchev–Trinajstić information content (AvgIpc) is 3.30. The first-order valence-corrected chi connectivity index (χ1v) is 9.97. The number of aliphatic imine (C=N–C) groups is 1. The summed E-state index contributed by atoms with van der Waals surface area (Å²) in [5, 5.41) is 3.44. The number of nitrogens with zero attached hydrogens (tertiary/aromatic N) is 5. The van der Waals surface area contributed by atoms with Gasteiger partial charge < -0.3 is 19.7 Å². The number of aromatic nitrogens is 2. The average molecular weight is 361 g/mol. The van der Waals surface area contributed by atoms with Crippen molar-refractivity contribution in [3.63, 3.8) is 0 Å². The number of imidazole rings is 1. The minimum absolute atomic E-state index is 0.300. The Morgan fingerprint density at radius 1 is 1.42 bits per heavy atom. The summed E-state index contributed by atoms with van der Waals surface area (Å²) in [4.78, 5) is 25.1. The van der Waals surface area contributed by atoms with Gasteiger partial charge in [-0.15, -0.1) is 0 Å². The molecule has 1 N–H and O–H groups in total. The van der Waals surface area contributed by atoms with E-state index in [1.807, 2.05) is 17.4 Å². The predicted octanol–water partition coefficient (Wildman–Crippen LogP) is 1.74. The topological polar surface area (TPSA) is 65.8 Å². The molecule has 7 nitrogen and oxygen atoms in total. The third-order valence-corrected chi connectivity index (χ3v) is 5.48. The van der Waals surface area contributed by atoms with Crippen LogP contribution in [0.25, 0.3) is 0 Å². The zero-order valence-corrected chi connectivity index (χ0v) is 16.1. The summed E-state index contributed by atoms with van der Waals surface area (Å²) in [6.45, 7) is 9.78. The standard InChI is InChI=1S/C19H32N6O/c1-3-21-19(22-8-5-11-23-10-4-6-18(23)26)24-12-7-16(2)17(14-24)25-13-9-20-15-25/h9,13,15-17H,3-8,10-12,14H2,1-2H3,(H,21,22). The highest BCUT2D eigenvalue weighted by Gasteiger charge is 2.28. The van der Waals surface area contributed by atoms with Gasteiger partial charge in [-0.3, -0.25) is 9.79 Å². The summed E-state index contributed by atoms with van der Waals surface area (Å²) in [5.41, 5.74) is 0. The van der Waals surface area contributed by atoms with Crippen molar-refractivity contribution in [1.82, 2.24) is 24.7 Å². The number of hydrogen-bond donors (Lipinski definition) is 1. The lowest BCUT2D eigenvalue weighted by molar-refractivity contribution is -0.127. The summed E-state index contributed by atoms with van der Waals surface area (Å²) in [6.07, 6.45) is 9.62. The molecule has 1 aromatic heterocycles. The van der Waals surface area contributed by atoms with Crippen molar-refractivity contribution in [3.05, 3.63) is 18.7 Å². The maximum Gasteiger partial charge on any atom is 0.222 e. The lowest BCUT2D eigenvalue weighted by Gasteiger charge is -2.39. The molecule has 2 fully saturated rings. The molecular formula is C19H32N6O. The van der Waals surface area contributed by atoms with Crippen LogP contribution in [0.2, 0.25) is 0 Å². The van der Waals surface area contributed by atoms with E-state index >= 15 is 0 Å². The van der Waals surface area contributed by atoms with Crippen LogP contribution in [0.4, 0.5) is 0 Å². The highest BCUT2D eigenvalue weighted by atomic mass is 16.2. The third kappa shape index (κ3) is 4.56. The Morgan fingerprint density at radius 2 is 2.31 bits per heavy atom. The van der Waals surface area contributed by atoms with Crippen molar-refractivity contribution < 1.29 is 4.79 Å². The molecule has 7 heteroatoms. The van der Waals surface area contributed by atoms with Gasteiger partial charge in [-0.25, -0.2) is 4.98 Å². The van der Waals surface area contributed by atoms with E-state index in [-0.39, 0.29) is 0 Å². The molecule has 144 valence electrons. The highest BCUT2D eigenvalue weighted by molar-refractivity contribution is 5.80. The van der Waals surface area contributed by atoms with E-state index in [0.29, 0.717) is 24.3 Å². The Labute approximate surface area is 156 Å². The van der Waals surface area contributed by atoms with E-state index < -0.39 is 0 Å². The molecular weight excluding hydrogens is 328 g/mol. The molecule has 0 aromatic carbocycles. The summed E-state index contributed by atoms with van der Waals surface area (Å²) in [5.74, 6) is 1.93. The minimum Gasteiger partial charge on any atom is -0.357 e. The highest BCUT2D eigenvalue weighted by Crippen LogP contribution is 2.27. The summed E-state index contributed by atoms with van der Waals surface area (Å²) >= 11 is 0. The summed E-state index contributed by atoms with van der Waals surface area (Å²) in [7, 11) is 0. The molecule has 2 aliphatic heterocycles. The van der Waals surface area contributed by atoms with Crippen molar-refractivity contribution in [2.75, 3.05) is 39.3 Å². The second-order valence-electron chi connectivity index (χ2n) is 7.36. The molecule has 2 saturated heterocycles. The number of amides is 1. The van der Waals surface area contributed by atoms with Gasteiger partial charge in [0, 0.05) is 58.1 Å². The van der Waals surface area contributed by atoms with Gasteiger partial charge in [0.2, 0.25) is 5.91 Å². The Hall–Kier alpha value is -2.05. The number of likely N-dealkylation sites (tertiary alicyclic amines) is 2. The number of carbonyl (C=O) groups is 1. The van der Waals surface area contributed by atoms with Crippen LogP contribution in [0, 0.1) is 5.92 Å². The lowest BCUT2D eigenvalue weighted by atomic mass is 9.93. The molecule has 3 rings (SSSR count). The number of nitrogens with one attached hydrogen (secondary N) is 1. The number of piperidine rings is 1. The largest absolute Gasteiger partial charge is 0.357 e. The Kier molecular flexibility index (Phi) is 6.52. The Morgan fingerprint density at radius 3 is 3.00 bits per heavy atom. The SMILES string of the molecule is CCNC(=NCCCN1CCCC1=O)N1CCC(C)C(n2ccnc2)C1. The van der Waals surface area contributed by atoms with Gasteiger partial charge in [0.05, 0.1) is 12.4 Å². The summed E-state index contributed by atoms with van der Waals surface area (Å²) < 4.78 is 2.22. The quantitative estimate of drug-likeness (QED) is 0.477. The van der Waals surface area contributed by atoms with Gasteiger partial charge >= 0.3 is 0 Å². The minimum atomic E-state index is 0.300. The van der Waals surface area contributed by atoms with E-state index in [4.69, 9.17) is 4.99 Å². The molecule has 0 radical (unpaired) electrons. The van der Waals surface area contributed by atoms with E-state index in [1.165, 1.54) is 0 Å². The third-order valence-electron chi connectivity index (χ3n) is 5.48. The monoisotopic (exact) mass is 360 g/mol.